The summed E-state index contributed by atoms with van der Waals surface area (Å²) in [4.78, 5) is 8.12. The molecule has 5 nitrogen and oxygen atoms in total. The van der Waals surface area contributed by atoms with Gasteiger partial charge in [0.25, 0.3) is 0 Å². The van der Waals surface area contributed by atoms with Crippen LogP contribution in [-0.4, -0.2) is 8.42 Å². The maximum atomic E-state index is 8.29. The van der Waals surface area contributed by atoms with Crippen molar-refractivity contribution >= 4 is 11.6 Å². The molecule has 0 spiro atoms. The molecule has 0 fully saturated rings. The Labute approximate surface area is 36.5 Å². The van der Waals surface area contributed by atoms with Crippen LogP contribution in [0, 0.1) is 10.1 Å². The van der Waals surface area contributed by atoms with E-state index in [9.17, 15) is 0 Å². The van der Waals surface area contributed by atoms with Crippen molar-refractivity contribution in [2.75, 3.05) is 0 Å². The van der Waals surface area contributed by atoms with Gasteiger partial charge in [0, 0.05) is 5.34 Å². The average Bonchev–Trinajstić information content (AvgIpc) is 1.39. The first-order valence-corrected chi connectivity index (χ1v) is 1.41. The zero-order valence-electron chi connectivity index (χ0n) is 2.54. The summed E-state index contributed by atoms with van der Waals surface area (Å²) in [6.07, 6.45) is 0. The normalized spacial score (nSPS) is 4.00. The maximum absolute atomic E-state index is 8.29. The molecule has 0 bridgehead atoms. The Morgan fingerprint density at radius 1 is 1.50 bits per heavy atom. The second-order valence-electron chi connectivity index (χ2n) is 0.151. The summed E-state index contributed by atoms with van der Waals surface area (Å²) in [7, 11) is 0. The van der Waals surface area contributed by atoms with Crippen LogP contribution in [0.15, 0.2) is 0 Å². The molecule has 0 radical (unpaired) electrons. The third-order valence-corrected chi connectivity index (χ3v) is 0. The zero-order chi connectivity index (χ0) is 5.41. The molecule has 0 unspecified atom stereocenters. The molecule has 0 amide bonds. The Morgan fingerprint density at radius 3 is 1.50 bits per heavy atom. The van der Waals surface area contributed by atoms with E-state index in [1.165, 1.54) is 0 Å². The Balaban J connectivity index is 0. The van der Waals surface area contributed by atoms with Crippen molar-refractivity contribution in [3.63, 3.8) is 0 Å². The second kappa shape index (κ2) is 29.4. The van der Waals surface area contributed by atoms with Crippen molar-refractivity contribution in [2.45, 2.75) is 0 Å². The number of hydrogen-bond acceptors (Lipinski definition) is 4. The third-order valence-electron chi connectivity index (χ3n) is 0. The minimum absolute atomic E-state index is 0.250. The monoisotopic (exact) mass is 111 g/mol. The second-order valence-corrected chi connectivity index (χ2v) is 0.287. The van der Waals surface area contributed by atoms with E-state index in [1.54, 1.807) is 0 Å². The Hall–Kier alpha value is -0.780. The lowest BCUT2D eigenvalue weighted by Gasteiger charge is -1.36. The van der Waals surface area contributed by atoms with Gasteiger partial charge in [0.2, 0.25) is 0 Å². The molecule has 0 aliphatic rings. The topological polar surface area (TPSA) is 88.2 Å². The molecule has 1 N–H and O–H groups in total. The average molecular weight is 111 g/mol. The van der Waals surface area contributed by atoms with E-state index in [-0.39, 0.29) is 5.34 Å². The summed E-state index contributed by atoms with van der Waals surface area (Å²) >= 11 is -0.750. The molecule has 0 aromatic carbocycles. The van der Waals surface area contributed by atoms with Gasteiger partial charge in [0.1, 0.15) is 0 Å². The van der Waals surface area contributed by atoms with Gasteiger partial charge in [-0.05, 0) is 0 Å². The molecule has 6 heteroatoms. The quantitative estimate of drug-likeness (QED) is 0.280. The number of hydrogen-bond donors (Lipinski definition) is 1. The van der Waals surface area contributed by atoms with Gasteiger partial charge in [-0.1, -0.05) is 0 Å². The van der Waals surface area contributed by atoms with Gasteiger partial charge < -0.3 is 0 Å². The maximum Gasteiger partial charge on any atom is 0.335 e. The smallest absolute Gasteiger partial charge is 0.267 e. The highest BCUT2D eigenvalue weighted by molar-refractivity contribution is 7.51. The zero-order valence-corrected chi connectivity index (χ0v) is 3.36. The third kappa shape index (κ3) is 26.1. The summed E-state index contributed by atoms with van der Waals surface area (Å²) in [6.45, 7) is 0. The van der Waals surface area contributed by atoms with Gasteiger partial charge in [-0.15, -0.1) is 0 Å². The fourth-order valence-electron chi connectivity index (χ4n) is 0. The van der Waals surface area contributed by atoms with Gasteiger partial charge in [0.05, 0.1) is 0 Å². The molecule has 0 saturated carbocycles. The van der Waals surface area contributed by atoms with Crippen LogP contribution >= 0.6 is 0 Å². The van der Waals surface area contributed by atoms with E-state index in [0.717, 1.165) is 0 Å². The van der Waals surface area contributed by atoms with Gasteiger partial charge in [-0.25, -0.2) is 0 Å². The molecule has 6 heavy (non-hydrogen) atoms. The van der Waals surface area contributed by atoms with Crippen molar-refractivity contribution in [2.24, 2.45) is 0 Å². The first-order valence-electron chi connectivity index (χ1n) is 0.742. The molecule has 0 aliphatic carbocycles. The summed E-state index contributed by atoms with van der Waals surface area (Å²) in [5, 5.41) is 8.38. The molecule has 0 saturated heterocycles. The van der Waals surface area contributed by atoms with E-state index in [0.29, 0.717) is 0 Å². The summed E-state index contributed by atoms with van der Waals surface area (Å²) in [6, 6.07) is 0. The first-order chi connectivity index (χ1) is 2.83. The van der Waals surface area contributed by atoms with Crippen molar-refractivity contribution in [1.29, 1.82) is 0 Å². The van der Waals surface area contributed by atoms with E-state index in [4.69, 9.17) is 18.5 Å². The molecule has 0 rings (SSSR count). The lowest BCUT2D eigenvalue weighted by atomic mass is 13.4. The molecule has 0 aromatic rings. The number of rotatable bonds is 0. The molecule has 0 aromatic heterocycles. The summed E-state index contributed by atoms with van der Waals surface area (Å²) < 4.78 is 16.6. The first kappa shape index (κ1) is 8.97. The van der Waals surface area contributed by atoms with Crippen molar-refractivity contribution in [1.82, 2.24) is 0 Å². The molecular weight excluding hydrogens is 110 g/mol. The molecule has 36 valence electrons. The predicted molar refractivity (Wildman–Crippen MR) is 16.6 cm³/mol. The Bertz CT molecular complexity index is 52.6. The van der Waals surface area contributed by atoms with Crippen LogP contribution in [0.5, 0.6) is 0 Å². The largest absolute Gasteiger partial charge is 0.335 e. The van der Waals surface area contributed by atoms with Crippen LogP contribution in [0.3, 0.4) is 0 Å². The van der Waals surface area contributed by atoms with Crippen LogP contribution in [-0.2, 0) is 11.6 Å². The summed E-state index contributed by atoms with van der Waals surface area (Å²) in [5.74, 6) is 0. The van der Waals surface area contributed by atoms with Gasteiger partial charge in [-0.2, -0.15) is 8.42 Å². The minimum Gasteiger partial charge on any atom is -0.267 e. The van der Waals surface area contributed by atoms with Crippen LogP contribution < -0.4 is 5.34 Å². The Morgan fingerprint density at radius 2 is 1.50 bits per heavy atom. The predicted octanol–water partition coefficient (Wildman–Crippen LogP) is -2.34. The minimum atomic E-state index is -0.750. The van der Waals surface area contributed by atoms with E-state index in [2.05, 4.69) is 0 Å². The molecule has 0 atom stereocenters. The van der Waals surface area contributed by atoms with Gasteiger partial charge in [0.15, 0.2) is 0 Å². The van der Waals surface area contributed by atoms with Crippen molar-refractivity contribution in [3.8, 4) is 0 Å². The highest BCUT2D eigenvalue weighted by Gasteiger charge is 1.12. The van der Waals surface area contributed by atoms with E-state index in [1.807, 2.05) is 0 Å². The fourth-order valence-corrected chi connectivity index (χ4v) is 0. The van der Waals surface area contributed by atoms with Crippen molar-refractivity contribution < 1.29 is 13.8 Å². The lowest BCUT2D eigenvalue weighted by molar-refractivity contribution is -0.398. The fraction of sp³-hybridized carbons (Fsp3) is 0. The molecule has 0 aliphatic heterocycles. The SMILES string of the molecule is O=S=O.O=[NH+][O-]. The highest BCUT2D eigenvalue weighted by atomic mass is 32.1. The van der Waals surface area contributed by atoms with E-state index >= 15 is 0 Å². The summed E-state index contributed by atoms with van der Waals surface area (Å²) in [5.41, 5.74) is 0. The Kier molecular flexibility index (Phi) is 43.9. The van der Waals surface area contributed by atoms with E-state index < -0.39 is 11.6 Å². The highest BCUT2D eigenvalue weighted by Crippen LogP contribution is 0.846. The van der Waals surface area contributed by atoms with Gasteiger partial charge >= 0.3 is 11.6 Å². The molecule has 0 heterocycles. The van der Waals surface area contributed by atoms with Crippen LogP contribution in [0.2, 0.25) is 0 Å². The van der Waals surface area contributed by atoms with Crippen molar-refractivity contribution in [3.05, 3.63) is 10.1 Å². The lowest BCUT2D eigenvalue weighted by Crippen LogP contribution is -2.53. The standard InChI is InChI=1S/HNO2.O2S/c2-1-3;1-3-2/h1H;. The van der Waals surface area contributed by atoms with Gasteiger partial charge in [-0.3, -0.25) is 10.1 Å². The van der Waals surface area contributed by atoms with Crippen LogP contribution in [0.1, 0.15) is 0 Å². The molecular formula is HNO4S. The van der Waals surface area contributed by atoms with Crippen LogP contribution in [0.4, 0.5) is 0 Å². The van der Waals surface area contributed by atoms with Crippen LogP contribution in [0.25, 0.3) is 0 Å². The number of nitrogens with one attached hydrogen (secondary N) is 1.